The first-order valence-electron chi connectivity index (χ1n) is 5.38. The highest BCUT2D eigenvalue weighted by Gasteiger charge is 2.26. The van der Waals surface area contributed by atoms with Crippen LogP contribution in [0.1, 0.15) is 41.8 Å². The van der Waals surface area contributed by atoms with Gasteiger partial charge in [0.2, 0.25) is 0 Å². The van der Waals surface area contributed by atoms with E-state index in [0.29, 0.717) is 5.78 Å². The maximum atomic E-state index is 11.7. The SMILES string of the molecule is CCCc1ccc2c(c1)CC(C)C2=O. The Labute approximate surface area is 85.1 Å². The van der Waals surface area contributed by atoms with Gasteiger partial charge in [-0.2, -0.15) is 0 Å². The fourth-order valence-electron chi connectivity index (χ4n) is 2.19. The standard InChI is InChI=1S/C13H16O/c1-3-4-10-5-6-12-11(8-10)7-9(2)13(12)14/h5-6,8-9H,3-4,7H2,1-2H3. The zero-order valence-corrected chi connectivity index (χ0v) is 8.84. The van der Waals surface area contributed by atoms with Crippen molar-refractivity contribution in [3.63, 3.8) is 0 Å². The molecule has 2 rings (SSSR count). The Bertz CT molecular complexity index is 365. The van der Waals surface area contributed by atoms with Crippen LogP contribution in [-0.4, -0.2) is 5.78 Å². The van der Waals surface area contributed by atoms with Gasteiger partial charge in [-0.1, -0.05) is 38.5 Å². The van der Waals surface area contributed by atoms with Crippen molar-refractivity contribution >= 4 is 5.78 Å². The summed E-state index contributed by atoms with van der Waals surface area (Å²) in [5.41, 5.74) is 3.58. The molecule has 0 N–H and O–H groups in total. The van der Waals surface area contributed by atoms with E-state index in [0.717, 1.165) is 18.4 Å². The normalized spacial score (nSPS) is 19.9. The fourth-order valence-corrected chi connectivity index (χ4v) is 2.19. The first kappa shape index (κ1) is 9.45. The molecular weight excluding hydrogens is 172 g/mol. The highest BCUT2D eigenvalue weighted by Crippen LogP contribution is 2.27. The molecule has 0 bridgehead atoms. The topological polar surface area (TPSA) is 17.1 Å². The zero-order valence-electron chi connectivity index (χ0n) is 8.84. The highest BCUT2D eigenvalue weighted by molar-refractivity contribution is 6.02. The number of fused-ring (bicyclic) bond motifs is 1. The van der Waals surface area contributed by atoms with Crippen LogP contribution in [0.3, 0.4) is 0 Å². The lowest BCUT2D eigenvalue weighted by molar-refractivity contribution is 0.0946. The minimum atomic E-state index is 0.196. The minimum Gasteiger partial charge on any atom is -0.294 e. The molecule has 1 aromatic carbocycles. The van der Waals surface area contributed by atoms with Crippen molar-refractivity contribution in [1.29, 1.82) is 0 Å². The van der Waals surface area contributed by atoms with E-state index in [1.165, 1.54) is 17.5 Å². The molecule has 0 saturated carbocycles. The van der Waals surface area contributed by atoms with Crippen molar-refractivity contribution in [2.75, 3.05) is 0 Å². The molecule has 0 saturated heterocycles. The van der Waals surface area contributed by atoms with Gasteiger partial charge >= 0.3 is 0 Å². The predicted octanol–water partition coefficient (Wildman–Crippen LogP) is 3.01. The van der Waals surface area contributed by atoms with Crippen LogP contribution < -0.4 is 0 Å². The van der Waals surface area contributed by atoms with E-state index in [2.05, 4.69) is 19.1 Å². The molecule has 1 nitrogen and oxygen atoms in total. The molecular formula is C13H16O. The third kappa shape index (κ3) is 1.47. The second kappa shape index (κ2) is 3.56. The highest BCUT2D eigenvalue weighted by atomic mass is 16.1. The summed E-state index contributed by atoms with van der Waals surface area (Å²) < 4.78 is 0. The fraction of sp³-hybridized carbons (Fsp3) is 0.462. The summed E-state index contributed by atoms with van der Waals surface area (Å²) >= 11 is 0. The molecule has 1 atom stereocenters. The molecule has 74 valence electrons. The van der Waals surface area contributed by atoms with Crippen molar-refractivity contribution in [3.8, 4) is 0 Å². The largest absolute Gasteiger partial charge is 0.294 e. The maximum Gasteiger partial charge on any atom is 0.166 e. The van der Waals surface area contributed by atoms with Crippen molar-refractivity contribution in [2.24, 2.45) is 5.92 Å². The summed E-state index contributed by atoms with van der Waals surface area (Å²) in [6.07, 6.45) is 3.23. The summed E-state index contributed by atoms with van der Waals surface area (Å²) in [4.78, 5) is 11.7. The van der Waals surface area contributed by atoms with Gasteiger partial charge in [0.15, 0.2) is 5.78 Å². The number of carbonyl (C=O) groups is 1. The minimum absolute atomic E-state index is 0.196. The van der Waals surface area contributed by atoms with Crippen LogP contribution in [0.25, 0.3) is 0 Å². The molecule has 1 heteroatoms. The second-order valence-corrected chi connectivity index (χ2v) is 4.21. The van der Waals surface area contributed by atoms with Crippen molar-refractivity contribution in [2.45, 2.75) is 33.1 Å². The van der Waals surface area contributed by atoms with Crippen LogP contribution in [0.2, 0.25) is 0 Å². The number of Topliss-reactive ketones (excluding diaryl/α,β-unsaturated/α-hetero) is 1. The molecule has 14 heavy (non-hydrogen) atoms. The van der Waals surface area contributed by atoms with Crippen molar-refractivity contribution in [3.05, 3.63) is 34.9 Å². The Morgan fingerprint density at radius 1 is 1.43 bits per heavy atom. The molecule has 0 aliphatic heterocycles. The van der Waals surface area contributed by atoms with Gasteiger partial charge in [-0.25, -0.2) is 0 Å². The number of hydrogen-bond donors (Lipinski definition) is 0. The van der Waals surface area contributed by atoms with Crippen LogP contribution >= 0.6 is 0 Å². The van der Waals surface area contributed by atoms with Crippen LogP contribution in [0.5, 0.6) is 0 Å². The first-order valence-corrected chi connectivity index (χ1v) is 5.38. The number of carbonyl (C=O) groups excluding carboxylic acids is 1. The average molecular weight is 188 g/mol. The van der Waals surface area contributed by atoms with E-state index in [1.807, 2.05) is 13.0 Å². The Kier molecular flexibility index (Phi) is 2.40. The molecule has 1 aliphatic rings. The van der Waals surface area contributed by atoms with E-state index in [4.69, 9.17) is 0 Å². The summed E-state index contributed by atoms with van der Waals surface area (Å²) in [6, 6.07) is 6.31. The molecule has 0 fully saturated rings. The monoisotopic (exact) mass is 188 g/mol. The smallest absolute Gasteiger partial charge is 0.166 e. The summed E-state index contributed by atoms with van der Waals surface area (Å²) in [5.74, 6) is 0.518. The number of ketones is 1. The number of rotatable bonds is 2. The lowest BCUT2D eigenvalue weighted by atomic mass is 10.0. The number of benzene rings is 1. The van der Waals surface area contributed by atoms with E-state index in [-0.39, 0.29) is 5.92 Å². The predicted molar refractivity (Wildman–Crippen MR) is 57.6 cm³/mol. The molecule has 0 heterocycles. The Morgan fingerprint density at radius 3 is 2.93 bits per heavy atom. The quantitative estimate of drug-likeness (QED) is 0.697. The van der Waals surface area contributed by atoms with Crippen LogP contribution in [0.4, 0.5) is 0 Å². The van der Waals surface area contributed by atoms with Gasteiger partial charge in [0.05, 0.1) is 0 Å². The van der Waals surface area contributed by atoms with Crippen molar-refractivity contribution in [1.82, 2.24) is 0 Å². The lowest BCUT2D eigenvalue weighted by Crippen LogP contribution is -2.02. The van der Waals surface area contributed by atoms with Gasteiger partial charge in [-0.15, -0.1) is 0 Å². The second-order valence-electron chi connectivity index (χ2n) is 4.21. The van der Waals surface area contributed by atoms with E-state index >= 15 is 0 Å². The molecule has 1 aliphatic carbocycles. The van der Waals surface area contributed by atoms with Crippen molar-refractivity contribution < 1.29 is 4.79 Å². The average Bonchev–Trinajstić information content (AvgIpc) is 2.43. The van der Waals surface area contributed by atoms with Gasteiger partial charge < -0.3 is 0 Å². The Balaban J connectivity index is 2.34. The first-order chi connectivity index (χ1) is 6.72. The molecule has 1 aromatic rings. The van der Waals surface area contributed by atoms with Gasteiger partial charge in [-0.3, -0.25) is 4.79 Å². The van der Waals surface area contributed by atoms with Gasteiger partial charge in [0, 0.05) is 11.5 Å². The third-order valence-electron chi connectivity index (χ3n) is 2.95. The van der Waals surface area contributed by atoms with E-state index < -0.39 is 0 Å². The third-order valence-corrected chi connectivity index (χ3v) is 2.95. The number of hydrogen-bond acceptors (Lipinski definition) is 1. The van der Waals surface area contributed by atoms with Gasteiger partial charge in [-0.05, 0) is 24.0 Å². The van der Waals surface area contributed by atoms with E-state index in [9.17, 15) is 4.79 Å². The van der Waals surface area contributed by atoms with Crippen LogP contribution in [0.15, 0.2) is 18.2 Å². The zero-order chi connectivity index (χ0) is 10.1. The van der Waals surface area contributed by atoms with Crippen LogP contribution in [-0.2, 0) is 12.8 Å². The maximum absolute atomic E-state index is 11.7. The Hall–Kier alpha value is -1.11. The van der Waals surface area contributed by atoms with E-state index in [1.54, 1.807) is 0 Å². The number of aryl methyl sites for hydroxylation is 1. The summed E-state index contributed by atoms with van der Waals surface area (Å²) in [7, 11) is 0. The van der Waals surface area contributed by atoms with Crippen LogP contribution in [0, 0.1) is 5.92 Å². The summed E-state index contributed by atoms with van der Waals surface area (Å²) in [6.45, 7) is 4.20. The molecule has 0 spiro atoms. The molecule has 0 radical (unpaired) electrons. The molecule has 1 unspecified atom stereocenters. The Morgan fingerprint density at radius 2 is 2.21 bits per heavy atom. The molecule has 0 amide bonds. The molecule has 0 aromatic heterocycles. The summed E-state index contributed by atoms with van der Waals surface area (Å²) in [5, 5.41) is 0. The van der Waals surface area contributed by atoms with Gasteiger partial charge in [0.1, 0.15) is 0 Å². The van der Waals surface area contributed by atoms with Gasteiger partial charge in [0.25, 0.3) is 0 Å². The lowest BCUT2D eigenvalue weighted by Gasteiger charge is -2.01.